The highest BCUT2D eigenvalue weighted by Gasteiger charge is 2.43. The first-order valence-electron chi connectivity index (χ1n) is 9.44. The molecule has 1 aromatic heterocycles. The number of nitrogens with zero attached hydrogens (tertiary/aromatic N) is 2. The molecule has 2 rings (SSSR count). The van der Waals surface area contributed by atoms with Gasteiger partial charge < -0.3 is 9.16 Å². The fourth-order valence-electron chi connectivity index (χ4n) is 2.81. The number of carbonyl (C=O) groups is 1. The summed E-state index contributed by atoms with van der Waals surface area (Å²) in [4.78, 5) is 18.4. The molecule has 0 saturated carbocycles. The molecule has 1 saturated heterocycles. The molecule has 0 aromatic carbocycles. The van der Waals surface area contributed by atoms with Gasteiger partial charge in [0, 0.05) is 18.9 Å². The second-order valence-electron chi connectivity index (χ2n) is 8.47. The van der Waals surface area contributed by atoms with Gasteiger partial charge in [0.2, 0.25) is 0 Å². The van der Waals surface area contributed by atoms with Crippen LogP contribution in [0.15, 0.2) is 43.3 Å². The minimum atomic E-state index is -1.91. The Morgan fingerprint density at radius 3 is 2.78 bits per heavy atom. The van der Waals surface area contributed by atoms with Gasteiger partial charge in [-0.2, -0.15) is 0 Å². The second kappa shape index (κ2) is 8.84. The van der Waals surface area contributed by atoms with Gasteiger partial charge >= 0.3 is 6.09 Å². The lowest BCUT2D eigenvalue weighted by molar-refractivity contribution is 0.108. The number of carbonyl (C=O) groups excluding carboxylic acids is 1. The van der Waals surface area contributed by atoms with Crippen molar-refractivity contribution in [3.05, 3.63) is 48.8 Å². The highest BCUT2D eigenvalue weighted by molar-refractivity contribution is 6.74. The van der Waals surface area contributed by atoms with Gasteiger partial charge in [-0.05, 0) is 36.2 Å². The van der Waals surface area contributed by atoms with Gasteiger partial charge in [0.25, 0.3) is 0 Å². The third-order valence-corrected chi connectivity index (χ3v) is 9.86. The van der Waals surface area contributed by atoms with Crippen molar-refractivity contribution in [3.8, 4) is 0 Å². The van der Waals surface area contributed by atoms with Gasteiger partial charge in [-0.15, -0.1) is 0 Å². The Bertz CT molecular complexity index is 668. The van der Waals surface area contributed by atoms with Gasteiger partial charge in [-0.25, -0.2) is 4.79 Å². The normalized spacial score (nSPS) is 20.9. The first-order chi connectivity index (χ1) is 12.6. The molecule has 148 valence electrons. The van der Waals surface area contributed by atoms with Crippen LogP contribution in [-0.4, -0.2) is 49.6 Å². The Hall–Kier alpha value is -1.92. The molecule has 0 aliphatic carbocycles. The summed E-state index contributed by atoms with van der Waals surface area (Å²) in [6.07, 6.45) is 9.64. The molecule has 1 aromatic rings. The van der Waals surface area contributed by atoms with Crippen molar-refractivity contribution in [1.29, 1.82) is 0 Å². The molecule has 27 heavy (non-hydrogen) atoms. The molecule has 0 radical (unpaired) electrons. The van der Waals surface area contributed by atoms with Gasteiger partial charge in [0.15, 0.2) is 8.32 Å². The number of ether oxygens (including phenoxy) is 1. The Balaban J connectivity index is 2.14. The van der Waals surface area contributed by atoms with Crippen LogP contribution in [0.3, 0.4) is 0 Å². The zero-order chi connectivity index (χ0) is 20.1. The minimum absolute atomic E-state index is 0.0192. The number of aromatic nitrogens is 1. The lowest BCUT2D eigenvalue weighted by Crippen LogP contribution is -2.44. The summed E-state index contributed by atoms with van der Waals surface area (Å²) < 4.78 is 11.8. The van der Waals surface area contributed by atoms with Gasteiger partial charge in [0.05, 0.1) is 12.1 Å². The van der Waals surface area contributed by atoms with Crippen molar-refractivity contribution < 1.29 is 14.0 Å². The molecular weight excluding hydrogens is 356 g/mol. The van der Waals surface area contributed by atoms with E-state index in [9.17, 15) is 4.79 Å². The summed E-state index contributed by atoms with van der Waals surface area (Å²) in [5.41, 5.74) is 1.01. The Kier molecular flexibility index (Phi) is 7.00. The molecule has 1 aliphatic heterocycles. The maximum Gasteiger partial charge on any atom is 0.410 e. The minimum Gasteiger partial charge on any atom is -0.445 e. The maximum atomic E-state index is 12.5. The summed E-state index contributed by atoms with van der Waals surface area (Å²) in [5.74, 6) is 0. The van der Waals surface area contributed by atoms with E-state index in [1.54, 1.807) is 23.4 Å². The first kappa shape index (κ1) is 21.4. The van der Waals surface area contributed by atoms with Crippen LogP contribution in [0.5, 0.6) is 0 Å². The summed E-state index contributed by atoms with van der Waals surface area (Å²) >= 11 is 0. The largest absolute Gasteiger partial charge is 0.445 e. The molecular formula is C21H32N2O3Si. The van der Waals surface area contributed by atoms with Crippen LogP contribution >= 0.6 is 0 Å². The fourth-order valence-corrected chi connectivity index (χ4v) is 4.16. The van der Waals surface area contributed by atoms with E-state index in [0.29, 0.717) is 6.54 Å². The maximum absolute atomic E-state index is 12.5. The highest BCUT2D eigenvalue weighted by atomic mass is 28.4. The molecule has 2 atom stereocenters. The Morgan fingerprint density at radius 1 is 1.44 bits per heavy atom. The number of pyridine rings is 1. The van der Waals surface area contributed by atoms with Crippen LogP contribution in [0.1, 0.15) is 32.8 Å². The second-order valence-corrected chi connectivity index (χ2v) is 13.2. The molecule has 6 heteroatoms. The molecule has 0 spiro atoms. The lowest BCUT2D eigenvalue weighted by Gasteiger charge is -2.38. The van der Waals surface area contributed by atoms with Crippen molar-refractivity contribution in [2.45, 2.75) is 57.5 Å². The van der Waals surface area contributed by atoms with E-state index < -0.39 is 8.32 Å². The van der Waals surface area contributed by atoms with Crippen molar-refractivity contribution in [1.82, 2.24) is 9.88 Å². The van der Waals surface area contributed by atoms with Crippen molar-refractivity contribution in [3.63, 3.8) is 0 Å². The smallest absolute Gasteiger partial charge is 0.410 e. The first-order valence-corrected chi connectivity index (χ1v) is 12.4. The van der Waals surface area contributed by atoms with Gasteiger partial charge in [0.1, 0.15) is 6.61 Å². The van der Waals surface area contributed by atoms with Crippen LogP contribution in [0.4, 0.5) is 4.79 Å². The number of hydrogen-bond acceptors (Lipinski definition) is 4. The quantitative estimate of drug-likeness (QED) is 0.515. The van der Waals surface area contributed by atoms with E-state index in [-0.39, 0.29) is 29.9 Å². The fraction of sp³-hybridized carbons (Fsp3) is 0.524. The SMILES string of the molecule is C=CCOC(=O)N1C[C@H](O[Si](C)(C)C(C)(C)C)C[C@H]1/C=C/c1cccnc1. The molecule has 0 bridgehead atoms. The van der Waals surface area contributed by atoms with Gasteiger partial charge in [-0.1, -0.05) is 51.6 Å². The number of rotatable bonds is 6. The summed E-state index contributed by atoms with van der Waals surface area (Å²) in [6, 6.07) is 3.83. The van der Waals surface area contributed by atoms with E-state index in [2.05, 4.69) is 45.4 Å². The van der Waals surface area contributed by atoms with Crippen molar-refractivity contribution >= 4 is 20.5 Å². The van der Waals surface area contributed by atoms with E-state index >= 15 is 0 Å². The van der Waals surface area contributed by atoms with E-state index in [0.717, 1.165) is 12.0 Å². The molecule has 1 aliphatic rings. The molecule has 2 heterocycles. The predicted octanol–water partition coefficient (Wildman–Crippen LogP) is 4.88. The van der Waals surface area contributed by atoms with Crippen molar-refractivity contribution in [2.75, 3.05) is 13.2 Å². The molecule has 0 N–H and O–H groups in total. The standard InChI is InChI=1S/C21H32N2O3Si/c1-7-13-25-20(24)23-16-19(26-27(5,6)21(2,3)4)14-18(23)11-10-17-9-8-12-22-15-17/h7-12,15,18-19H,1,13-14,16H2,2-6H3/b11-10+/t18-,19-/m1/s1. The zero-order valence-electron chi connectivity index (χ0n) is 17.1. The molecule has 0 unspecified atom stereocenters. The van der Waals surface area contributed by atoms with Crippen LogP contribution < -0.4 is 0 Å². The molecule has 1 amide bonds. The van der Waals surface area contributed by atoms with Crippen LogP contribution in [-0.2, 0) is 9.16 Å². The summed E-state index contributed by atoms with van der Waals surface area (Å²) in [6.45, 7) is 15.5. The molecule has 5 nitrogen and oxygen atoms in total. The van der Waals surface area contributed by atoms with Crippen LogP contribution in [0, 0.1) is 0 Å². The zero-order valence-corrected chi connectivity index (χ0v) is 18.1. The third kappa shape index (κ3) is 5.78. The molecule has 1 fully saturated rings. The van der Waals surface area contributed by atoms with Crippen LogP contribution in [0.2, 0.25) is 18.1 Å². The Morgan fingerprint density at radius 2 is 2.19 bits per heavy atom. The summed E-state index contributed by atoms with van der Waals surface area (Å²) in [7, 11) is -1.91. The van der Waals surface area contributed by atoms with E-state index in [1.807, 2.05) is 24.3 Å². The number of hydrogen-bond donors (Lipinski definition) is 0. The predicted molar refractivity (Wildman–Crippen MR) is 112 cm³/mol. The van der Waals surface area contributed by atoms with Gasteiger partial charge in [-0.3, -0.25) is 9.88 Å². The average molecular weight is 389 g/mol. The topological polar surface area (TPSA) is 51.7 Å². The number of likely N-dealkylation sites (tertiary alicyclic amines) is 1. The van der Waals surface area contributed by atoms with Crippen molar-refractivity contribution in [2.24, 2.45) is 0 Å². The van der Waals surface area contributed by atoms with E-state index in [1.165, 1.54) is 0 Å². The average Bonchev–Trinajstić information content (AvgIpc) is 3.00. The third-order valence-electron chi connectivity index (χ3n) is 5.33. The number of amides is 1. The lowest BCUT2D eigenvalue weighted by atomic mass is 10.1. The van der Waals surface area contributed by atoms with E-state index in [4.69, 9.17) is 9.16 Å². The summed E-state index contributed by atoms with van der Waals surface area (Å²) in [5, 5.41) is 0.130. The monoisotopic (exact) mass is 388 g/mol. The Labute approximate surface area is 164 Å². The van der Waals surface area contributed by atoms with Crippen LogP contribution in [0.25, 0.3) is 6.08 Å². The highest BCUT2D eigenvalue weighted by Crippen LogP contribution is 2.39.